The average molecular weight is 236 g/mol. The van der Waals surface area contributed by atoms with E-state index in [9.17, 15) is 26.3 Å². The molecule has 1 heterocycles. The molecule has 0 amide bonds. The second-order valence-corrected chi connectivity index (χ2v) is 2.92. The zero-order valence-corrected chi connectivity index (χ0v) is 7.08. The van der Waals surface area contributed by atoms with Crippen molar-refractivity contribution in [1.82, 2.24) is 5.43 Å². The van der Waals surface area contributed by atoms with E-state index in [0.29, 0.717) is 0 Å². The molecule has 0 fully saturated rings. The first-order chi connectivity index (χ1) is 6.61. The maximum atomic E-state index is 12.2. The van der Waals surface area contributed by atoms with Crippen molar-refractivity contribution in [3.8, 4) is 0 Å². The van der Waals surface area contributed by atoms with Gasteiger partial charge < -0.3 is 10.5 Å². The van der Waals surface area contributed by atoms with Crippen LogP contribution in [0, 0.1) is 0 Å². The first-order valence-electron chi connectivity index (χ1n) is 3.76. The van der Waals surface area contributed by atoms with Gasteiger partial charge in [-0.2, -0.15) is 31.4 Å². The second-order valence-electron chi connectivity index (χ2n) is 2.92. The smallest absolute Gasteiger partial charge is 0.369 e. The van der Waals surface area contributed by atoms with E-state index in [0.717, 1.165) is 0 Å². The minimum Gasteiger partial charge on any atom is -0.369 e. The lowest BCUT2D eigenvalue weighted by atomic mass is 9.94. The second kappa shape index (κ2) is 3.26. The SMILES string of the molecule is OC(C1=NNCC1)(C(F)(F)F)C(F)(F)F. The predicted molar refractivity (Wildman–Crippen MR) is 37.1 cm³/mol. The van der Waals surface area contributed by atoms with Gasteiger partial charge in [-0.1, -0.05) is 0 Å². The number of nitrogens with zero attached hydrogens (tertiary/aromatic N) is 1. The lowest BCUT2D eigenvalue weighted by Crippen LogP contribution is -2.62. The van der Waals surface area contributed by atoms with Crippen LogP contribution >= 0.6 is 0 Å². The molecular formula is C6H6F6N2O. The van der Waals surface area contributed by atoms with Gasteiger partial charge in [0.25, 0.3) is 5.60 Å². The number of hydrogen-bond donors (Lipinski definition) is 2. The van der Waals surface area contributed by atoms with E-state index in [4.69, 9.17) is 5.11 Å². The van der Waals surface area contributed by atoms with E-state index in [1.54, 1.807) is 0 Å². The van der Waals surface area contributed by atoms with E-state index < -0.39 is 30.1 Å². The summed E-state index contributed by atoms with van der Waals surface area (Å²) in [6, 6.07) is 0. The molecule has 0 aromatic heterocycles. The first-order valence-corrected chi connectivity index (χ1v) is 3.76. The Labute approximate surface area is 79.8 Å². The van der Waals surface area contributed by atoms with Crippen LogP contribution in [-0.2, 0) is 0 Å². The Bertz CT molecular complexity index is 266. The number of halogens is 6. The van der Waals surface area contributed by atoms with Crippen LogP contribution in [0.4, 0.5) is 26.3 Å². The molecule has 0 bridgehead atoms. The van der Waals surface area contributed by atoms with Gasteiger partial charge in [0.05, 0.1) is 5.71 Å². The van der Waals surface area contributed by atoms with Crippen LogP contribution in [0.2, 0.25) is 0 Å². The lowest BCUT2D eigenvalue weighted by molar-refractivity contribution is -0.338. The van der Waals surface area contributed by atoms with Crippen molar-refractivity contribution in [2.24, 2.45) is 5.10 Å². The van der Waals surface area contributed by atoms with Crippen molar-refractivity contribution in [2.45, 2.75) is 24.4 Å². The molecule has 2 N–H and O–H groups in total. The highest BCUT2D eigenvalue weighted by molar-refractivity contribution is 5.95. The Morgan fingerprint density at radius 3 is 1.80 bits per heavy atom. The number of aliphatic hydroxyl groups is 1. The van der Waals surface area contributed by atoms with Gasteiger partial charge in [-0.25, -0.2) is 0 Å². The van der Waals surface area contributed by atoms with E-state index in [-0.39, 0.29) is 6.54 Å². The van der Waals surface area contributed by atoms with Gasteiger partial charge in [0.2, 0.25) is 0 Å². The molecule has 0 spiro atoms. The number of nitrogens with one attached hydrogen (secondary N) is 1. The Balaban J connectivity index is 3.19. The maximum absolute atomic E-state index is 12.2. The van der Waals surface area contributed by atoms with Gasteiger partial charge in [0, 0.05) is 13.0 Å². The average Bonchev–Trinajstić information content (AvgIpc) is 2.49. The normalized spacial score (nSPS) is 18.7. The largest absolute Gasteiger partial charge is 0.431 e. The Hall–Kier alpha value is -0.990. The molecule has 1 aliphatic rings. The minimum absolute atomic E-state index is 0.163. The highest BCUT2D eigenvalue weighted by Gasteiger charge is 2.73. The molecule has 15 heavy (non-hydrogen) atoms. The summed E-state index contributed by atoms with van der Waals surface area (Å²) in [6.45, 7) is -0.163. The molecule has 0 aromatic carbocycles. The van der Waals surface area contributed by atoms with Crippen LogP contribution in [-0.4, -0.2) is 35.3 Å². The van der Waals surface area contributed by atoms with Gasteiger partial charge in [-0.15, -0.1) is 0 Å². The third kappa shape index (κ3) is 1.75. The highest BCUT2D eigenvalue weighted by atomic mass is 19.4. The molecule has 3 nitrogen and oxygen atoms in total. The molecule has 1 rings (SSSR count). The van der Waals surface area contributed by atoms with Crippen LogP contribution in [0.1, 0.15) is 6.42 Å². The van der Waals surface area contributed by atoms with Gasteiger partial charge in [0.1, 0.15) is 0 Å². The summed E-state index contributed by atoms with van der Waals surface area (Å²) in [5.74, 6) is 0. The fourth-order valence-electron chi connectivity index (χ4n) is 1.13. The van der Waals surface area contributed by atoms with E-state index >= 15 is 0 Å². The molecule has 0 aliphatic carbocycles. The molecule has 0 unspecified atom stereocenters. The predicted octanol–water partition coefficient (Wildman–Crippen LogP) is 1.19. The van der Waals surface area contributed by atoms with Crippen molar-refractivity contribution >= 4 is 5.71 Å². The number of hydrogen-bond acceptors (Lipinski definition) is 3. The van der Waals surface area contributed by atoms with Crippen molar-refractivity contribution in [2.75, 3.05) is 6.54 Å². The summed E-state index contributed by atoms with van der Waals surface area (Å²) >= 11 is 0. The van der Waals surface area contributed by atoms with E-state index in [2.05, 4.69) is 5.10 Å². The molecule has 0 saturated heterocycles. The topological polar surface area (TPSA) is 44.6 Å². The Morgan fingerprint density at radius 1 is 1.07 bits per heavy atom. The molecule has 0 aromatic rings. The number of alkyl halides is 6. The van der Waals surface area contributed by atoms with Gasteiger partial charge in [-0.05, 0) is 0 Å². The lowest BCUT2D eigenvalue weighted by Gasteiger charge is -2.31. The number of hydrazone groups is 1. The highest BCUT2D eigenvalue weighted by Crippen LogP contribution is 2.44. The number of rotatable bonds is 1. The zero-order valence-electron chi connectivity index (χ0n) is 7.08. The van der Waals surface area contributed by atoms with Crippen LogP contribution in [0.5, 0.6) is 0 Å². The maximum Gasteiger partial charge on any atom is 0.431 e. The van der Waals surface area contributed by atoms with Crippen LogP contribution in [0.3, 0.4) is 0 Å². The summed E-state index contributed by atoms with van der Waals surface area (Å²) in [7, 11) is 0. The first kappa shape index (κ1) is 12.1. The molecule has 0 radical (unpaired) electrons. The molecule has 0 atom stereocenters. The van der Waals surface area contributed by atoms with Crippen molar-refractivity contribution in [3.05, 3.63) is 0 Å². The standard InChI is InChI=1S/C6H6F6N2O/c7-5(8,9)4(15,6(10,11)12)3-1-2-13-14-3/h13,15H,1-2H2. The van der Waals surface area contributed by atoms with Crippen molar-refractivity contribution in [1.29, 1.82) is 0 Å². The van der Waals surface area contributed by atoms with E-state index in [1.807, 2.05) is 5.43 Å². The van der Waals surface area contributed by atoms with Crippen LogP contribution in [0.25, 0.3) is 0 Å². The van der Waals surface area contributed by atoms with Crippen LogP contribution < -0.4 is 5.43 Å². The van der Waals surface area contributed by atoms with Gasteiger partial charge >= 0.3 is 12.4 Å². The summed E-state index contributed by atoms with van der Waals surface area (Å²) < 4.78 is 73.0. The Kier molecular flexibility index (Phi) is 2.62. The van der Waals surface area contributed by atoms with Crippen LogP contribution in [0.15, 0.2) is 5.10 Å². The third-order valence-electron chi connectivity index (χ3n) is 1.93. The summed E-state index contributed by atoms with van der Waals surface area (Å²) in [4.78, 5) is 0. The fourth-order valence-corrected chi connectivity index (χ4v) is 1.13. The summed E-state index contributed by atoms with van der Waals surface area (Å²) in [5, 5.41) is 11.6. The summed E-state index contributed by atoms with van der Waals surface area (Å²) in [5.41, 5.74) is -4.27. The minimum atomic E-state index is -5.84. The third-order valence-corrected chi connectivity index (χ3v) is 1.93. The van der Waals surface area contributed by atoms with Crippen molar-refractivity contribution < 1.29 is 31.4 Å². The Morgan fingerprint density at radius 2 is 1.53 bits per heavy atom. The zero-order chi connectivity index (χ0) is 11.9. The molecular weight excluding hydrogens is 230 g/mol. The van der Waals surface area contributed by atoms with Gasteiger partial charge in [0.15, 0.2) is 0 Å². The molecule has 9 heteroatoms. The van der Waals surface area contributed by atoms with Gasteiger partial charge in [-0.3, -0.25) is 0 Å². The van der Waals surface area contributed by atoms with Crippen molar-refractivity contribution in [3.63, 3.8) is 0 Å². The summed E-state index contributed by atoms with van der Waals surface area (Å²) in [6.07, 6.45) is -12.3. The fraction of sp³-hybridized carbons (Fsp3) is 0.833. The molecule has 0 saturated carbocycles. The molecule has 88 valence electrons. The molecule has 1 aliphatic heterocycles. The monoisotopic (exact) mass is 236 g/mol. The quantitative estimate of drug-likeness (QED) is 0.672. The van der Waals surface area contributed by atoms with E-state index in [1.165, 1.54) is 0 Å².